The van der Waals surface area contributed by atoms with Crippen LogP contribution in [0.25, 0.3) is 0 Å². The van der Waals surface area contributed by atoms with E-state index >= 15 is 0 Å². The molecule has 0 saturated carbocycles. The van der Waals surface area contributed by atoms with Crippen molar-refractivity contribution >= 4 is 16.1 Å². The number of nitrogens with one attached hydrogen (secondary N) is 1. The van der Waals surface area contributed by atoms with E-state index < -0.39 is 15.6 Å². The van der Waals surface area contributed by atoms with Crippen LogP contribution in [0.3, 0.4) is 0 Å². The predicted octanol–water partition coefficient (Wildman–Crippen LogP) is 2.76. The fourth-order valence-corrected chi connectivity index (χ4v) is 3.98. The Labute approximate surface area is 155 Å². The third-order valence-electron chi connectivity index (χ3n) is 3.91. The molecule has 0 aromatic heterocycles. The van der Waals surface area contributed by atoms with Crippen molar-refractivity contribution in [1.82, 2.24) is 9.62 Å². The summed E-state index contributed by atoms with van der Waals surface area (Å²) in [7, 11) is -3.60. The van der Waals surface area contributed by atoms with Crippen molar-refractivity contribution < 1.29 is 22.7 Å². The number of hydrogen-bond acceptors (Lipinski definition) is 5. The standard InChI is InChI=1S/C18H28N2O5S/c1-5-24-15-6-8-16(9-7-15)26(22,23)19-14-10-12-20(13-11-14)17(21)25-18(2,3)4/h6-9,14,19H,5,10-13H2,1-4H3. The molecule has 26 heavy (non-hydrogen) atoms. The van der Waals surface area contributed by atoms with Gasteiger partial charge in [-0.25, -0.2) is 17.9 Å². The number of likely N-dealkylation sites (tertiary alicyclic amines) is 1. The van der Waals surface area contributed by atoms with E-state index in [2.05, 4.69) is 4.72 Å². The van der Waals surface area contributed by atoms with Crippen molar-refractivity contribution in [3.05, 3.63) is 24.3 Å². The minimum Gasteiger partial charge on any atom is -0.494 e. The smallest absolute Gasteiger partial charge is 0.410 e. The summed E-state index contributed by atoms with van der Waals surface area (Å²) < 4.78 is 38.4. The molecule has 1 aromatic carbocycles. The summed E-state index contributed by atoms with van der Waals surface area (Å²) in [6.45, 7) is 8.79. The largest absolute Gasteiger partial charge is 0.494 e. The van der Waals surface area contributed by atoms with E-state index in [0.29, 0.717) is 38.3 Å². The van der Waals surface area contributed by atoms with Crippen LogP contribution in [-0.2, 0) is 14.8 Å². The lowest BCUT2D eigenvalue weighted by atomic mass is 10.1. The number of nitrogens with zero attached hydrogens (tertiary/aromatic N) is 1. The zero-order valence-electron chi connectivity index (χ0n) is 15.8. The number of rotatable bonds is 5. The Balaban J connectivity index is 1.90. The van der Waals surface area contributed by atoms with Crippen molar-refractivity contribution in [2.45, 2.75) is 57.1 Å². The van der Waals surface area contributed by atoms with Crippen molar-refractivity contribution in [3.8, 4) is 5.75 Å². The molecule has 1 heterocycles. The third kappa shape index (κ3) is 5.88. The number of carbonyl (C=O) groups is 1. The lowest BCUT2D eigenvalue weighted by Crippen LogP contribution is -2.47. The summed E-state index contributed by atoms with van der Waals surface area (Å²) in [5, 5.41) is 0. The molecule has 0 bridgehead atoms. The van der Waals surface area contributed by atoms with Gasteiger partial charge in [-0.15, -0.1) is 0 Å². The quantitative estimate of drug-likeness (QED) is 0.844. The lowest BCUT2D eigenvalue weighted by Gasteiger charge is -2.33. The molecule has 1 saturated heterocycles. The average Bonchev–Trinajstić information content (AvgIpc) is 2.54. The van der Waals surface area contributed by atoms with E-state index in [1.54, 1.807) is 17.0 Å². The zero-order chi connectivity index (χ0) is 19.4. The summed E-state index contributed by atoms with van der Waals surface area (Å²) in [6, 6.07) is 6.14. The Bertz CT molecular complexity index is 702. The van der Waals surface area contributed by atoms with Gasteiger partial charge in [0, 0.05) is 19.1 Å². The summed E-state index contributed by atoms with van der Waals surface area (Å²) >= 11 is 0. The number of ether oxygens (including phenoxy) is 2. The van der Waals surface area contributed by atoms with E-state index in [1.165, 1.54) is 12.1 Å². The molecule has 1 aliphatic heterocycles. The summed E-state index contributed by atoms with van der Waals surface area (Å²) in [6.07, 6.45) is 0.746. The summed E-state index contributed by atoms with van der Waals surface area (Å²) in [5.74, 6) is 0.636. The van der Waals surface area contributed by atoms with Gasteiger partial charge in [0.15, 0.2) is 0 Å². The third-order valence-corrected chi connectivity index (χ3v) is 5.45. The molecule has 1 fully saturated rings. The van der Waals surface area contributed by atoms with Crippen LogP contribution >= 0.6 is 0 Å². The topological polar surface area (TPSA) is 84.9 Å². The van der Waals surface area contributed by atoms with Crippen LogP contribution in [0.4, 0.5) is 4.79 Å². The highest BCUT2D eigenvalue weighted by Gasteiger charge is 2.29. The number of hydrogen-bond donors (Lipinski definition) is 1. The predicted molar refractivity (Wildman–Crippen MR) is 98.8 cm³/mol. The van der Waals surface area contributed by atoms with Crippen molar-refractivity contribution in [3.63, 3.8) is 0 Å². The fraction of sp³-hybridized carbons (Fsp3) is 0.611. The number of sulfonamides is 1. The molecule has 146 valence electrons. The average molecular weight is 384 g/mol. The van der Waals surface area contributed by atoms with E-state index in [1.807, 2.05) is 27.7 Å². The van der Waals surface area contributed by atoms with Crippen LogP contribution in [-0.4, -0.2) is 50.8 Å². The van der Waals surface area contributed by atoms with Gasteiger partial charge in [0.05, 0.1) is 11.5 Å². The maximum atomic E-state index is 12.5. The highest BCUT2D eigenvalue weighted by molar-refractivity contribution is 7.89. The molecule has 0 unspecified atom stereocenters. The number of benzene rings is 1. The second kappa shape index (κ2) is 8.26. The molecule has 1 N–H and O–H groups in total. The molecule has 0 aliphatic carbocycles. The second-order valence-electron chi connectivity index (χ2n) is 7.27. The molecule has 1 aliphatic rings. The van der Waals surface area contributed by atoms with Crippen LogP contribution in [0.5, 0.6) is 5.75 Å². The van der Waals surface area contributed by atoms with Gasteiger partial charge in [0.1, 0.15) is 11.4 Å². The van der Waals surface area contributed by atoms with Crippen LogP contribution < -0.4 is 9.46 Å². The molecule has 0 spiro atoms. The van der Waals surface area contributed by atoms with Gasteiger partial charge >= 0.3 is 6.09 Å². The van der Waals surface area contributed by atoms with Crippen molar-refractivity contribution in [1.29, 1.82) is 0 Å². The highest BCUT2D eigenvalue weighted by Crippen LogP contribution is 2.19. The van der Waals surface area contributed by atoms with Gasteiger partial charge in [-0.1, -0.05) is 0 Å². The van der Waals surface area contributed by atoms with Gasteiger partial charge in [0.2, 0.25) is 10.0 Å². The molecule has 1 aromatic rings. The Morgan fingerprint density at radius 1 is 1.19 bits per heavy atom. The monoisotopic (exact) mass is 384 g/mol. The Morgan fingerprint density at radius 2 is 1.77 bits per heavy atom. The second-order valence-corrected chi connectivity index (χ2v) is 8.98. The zero-order valence-corrected chi connectivity index (χ0v) is 16.6. The summed E-state index contributed by atoms with van der Waals surface area (Å²) in [5.41, 5.74) is -0.539. The minimum absolute atomic E-state index is 0.203. The highest BCUT2D eigenvalue weighted by atomic mass is 32.2. The number of amides is 1. The molecular weight excluding hydrogens is 356 g/mol. The first kappa shape index (κ1) is 20.5. The summed E-state index contributed by atoms with van der Waals surface area (Å²) in [4.78, 5) is 13.9. The Morgan fingerprint density at radius 3 is 2.27 bits per heavy atom. The molecule has 2 rings (SSSR count). The SMILES string of the molecule is CCOc1ccc(S(=O)(=O)NC2CCN(C(=O)OC(C)(C)C)CC2)cc1. The molecule has 1 amide bonds. The number of piperidine rings is 1. The first-order chi connectivity index (χ1) is 12.1. The van der Waals surface area contributed by atoms with Crippen LogP contribution in [0.1, 0.15) is 40.5 Å². The van der Waals surface area contributed by atoms with Gasteiger partial charge in [-0.05, 0) is 64.8 Å². The molecule has 8 heteroatoms. The van der Waals surface area contributed by atoms with E-state index in [4.69, 9.17) is 9.47 Å². The lowest BCUT2D eigenvalue weighted by molar-refractivity contribution is 0.0203. The molecular formula is C18H28N2O5S. The van der Waals surface area contributed by atoms with Crippen molar-refractivity contribution in [2.75, 3.05) is 19.7 Å². The molecule has 7 nitrogen and oxygen atoms in total. The van der Waals surface area contributed by atoms with Gasteiger partial charge < -0.3 is 14.4 Å². The normalized spacial score (nSPS) is 16.4. The van der Waals surface area contributed by atoms with Crippen LogP contribution in [0, 0.1) is 0 Å². The van der Waals surface area contributed by atoms with Crippen LogP contribution in [0.15, 0.2) is 29.2 Å². The number of carbonyl (C=O) groups excluding carboxylic acids is 1. The maximum absolute atomic E-state index is 12.5. The Kier molecular flexibility index (Phi) is 6.52. The first-order valence-corrected chi connectivity index (χ1v) is 10.3. The van der Waals surface area contributed by atoms with Gasteiger partial charge in [-0.3, -0.25) is 0 Å². The maximum Gasteiger partial charge on any atom is 0.410 e. The Hall–Kier alpha value is -1.80. The molecule has 0 radical (unpaired) electrons. The first-order valence-electron chi connectivity index (χ1n) is 8.84. The van der Waals surface area contributed by atoms with Gasteiger partial charge in [0.25, 0.3) is 0 Å². The molecule has 0 atom stereocenters. The van der Waals surface area contributed by atoms with Gasteiger partial charge in [-0.2, -0.15) is 0 Å². The van der Waals surface area contributed by atoms with Crippen molar-refractivity contribution in [2.24, 2.45) is 0 Å². The fourth-order valence-electron chi connectivity index (χ4n) is 2.68. The van der Waals surface area contributed by atoms with E-state index in [-0.39, 0.29) is 17.0 Å². The van der Waals surface area contributed by atoms with Crippen LogP contribution in [0.2, 0.25) is 0 Å². The minimum atomic E-state index is -3.60. The van der Waals surface area contributed by atoms with E-state index in [9.17, 15) is 13.2 Å². The van der Waals surface area contributed by atoms with E-state index in [0.717, 1.165) is 0 Å².